The number of hydrogen-bond donors (Lipinski definition) is 2. The summed E-state index contributed by atoms with van der Waals surface area (Å²) < 4.78 is 52.2. The van der Waals surface area contributed by atoms with E-state index in [1.807, 2.05) is 17.0 Å². The van der Waals surface area contributed by atoms with Crippen LogP contribution in [0.25, 0.3) is 21.6 Å². The molecule has 0 aliphatic carbocycles. The Bertz CT molecular complexity index is 1340. The van der Waals surface area contributed by atoms with Gasteiger partial charge in [-0.25, -0.2) is 28.8 Å². The number of hydrazine groups is 1. The molecule has 2 atom stereocenters. The molecule has 31 heavy (non-hydrogen) atoms. The molecule has 2 N–H and O–H groups in total. The SMILES string of the molecule is CS(=O)(=O)C(c1nnc(CNNS(=O)[O-])o1)c1nc2cc(-c3ncccn3)ccc2s1. The minimum atomic E-state index is -3.71. The number of hydrogen-bond acceptors (Lipinski definition) is 12. The fourth-order valence-electron chi connectivity index (χ4n) is 2.73. The van der Waals surface area contributed by atoms with Crippen LogP contribution in [0, 0.1) is 0 Å². The molecule has 0 radical (unpaired) electrons. The molecule has 0 aliphatic rings. The Morgan fingerprint density at radius 2 is 2.03 bits per heavy atom. The van der Waals surface area contributed by atoms with E-state index in [9.17, 15) is 17.2 Å². The lowest BCUT2D eigenvalue weighted by atomic mass is 10.2. The lowest BCUT2D eigenvalue weighted by Crippen LogP contribution is -2.32. The van der Waals surface area contributed by atoms with Crippen molar-refractivity contribution >= 4 is 42.7 Å². The van der Waals surface area contributed by atoms with Crippen LogP contribution in [-0.2, 0) is 27.6 Å². The van der Waals surface area contributed by atoms with Gasteiger partial charge in [0.05, 0.1) is 16.8 Å². The second kappa shape index (κ2) is 8.81. The highest BCUT2D eigenvalue weighted by Crippen LogP contribution is 2.35. The van der Waals surface area contributed by atoms with Crippen molar-refractivity contribution in [2.24, 2.45) is 0 Å². The number of aromatic nitrogens is 5. The molecule has 0 fully saturated rings. The summed E-state index contributed by atoms with van der Waals surface area (Å²) in [5, 5.41) is 6.59. The second-order valence-electron chi connectivity index (χ2n) is 6.24. The number of nitrogens with one attached hydrogen (secondary N) is 2. The summed E-state index contributed by atoms with van der Waals surface area (Å²) in [5.74, 6) is 0.375. The predicted octanol–water partition coefficient (Wildman–Crippen LogP) is 0.659. The molecule has 0 saturated heterocycles. The lowest BCUT2D eigenvalue weighted by molar-refractivity contribution is 0.424. The number of nitrogens with zero attached hydrogens (tertiary/aromatic N) is 5. The molecule has 4 aromatic rings. The van der Waals surface area contributed by atoms with E-state index in [2.05, 4.69) is 30.6 Å². The number of sulfone groups is 1. The van der Waals surface area contributed by atoms with Crippen molar-refractivity contribution in [3.05, 3.63) is 53.4 Å². The van der Waals surface area contributed by atoms with E-state index >= 15 is 0 Å². The van der Waals surface area contributed by atoms with Crippen molar-refractivity contribution in [2.45, 2.75) is 11.8 Å². The Balaban J connectivity index is 1.67. The first kappa shape index (κ1) is 21.5. The maximum Gasteiger partial charge on any atom is 0.241 e. The largest absolute Gasteiger partial charge is 0.759 e. The maximum absolute atomic E-state index is 12.5. The van der Waals surface area contributed by atoms with Gasteiger partial charge >= 0.3 is 0 Å². The molecule has 0 amide bonds. The molecule has 0 bridgehead atoms. The van der Waals surface area contributed by atoms with Crippen LogP contribution in [0.3, 0.4) is 0 Å². The van der Waals surface area contributed by atoms with Crippen molar-refractivity contribution < 1.29 is 21.6 Å². The average molecular weight is 481 g/mol. The molecular formula is C16H14N7O5S3-. The van der Waals surface area contributed by atoms with Crippen LogP contribution in [0.2, 0.25) is 0 Å². The normalized spacial score (nSPS) is 14.0. The second-order valence-corrected chi connectivity index (χ2v) is 10.1. The van der Waals surface area contributed by atoms with Crippen molar-refractivity contribution in [3.63, 3.8) is 0 Å². The van der Waals surface area contributed by atoms with Crippen LogP contribution in [0.5, 0.6) is 0 Å². The first-order valence-corrected chi connectivity index (χ1v) is 12.4. The smallest absolute Gasteiger partial charge is 0.241 e. The molecular weight excluding hydrogens is 466 g/mol. The first-order valence-electron chi connectivity index (χ1n) is 8.58. The number of thiazole rings is 1. The molecule has 3 aromatic heterocycles. The molecule has 1 aromatic carbocycles. The van der Waals surface area contributed by atoms with Gasteiger partial charge in [-0.1, -0.05) is 0 Å². The molecule has 3 heterocycles. The van der Waals surface area contributed by atoms with Gasteiger partial charge in [-0.05, 0) is 24.3 Å². The van der Waals surface area contributed by atoms with E-state index < -0.39 is 26.4 Å². The van der Waals surface area contributed by atoms with Crippen molar-refractivity contribution in [1.29, 1.82) is 0 Å². The predicted molar refractivity (Wildman–Crippen MR) is 111 cm³/mol. The van der Waals surface area contributed by atoms with Gasteiger partial charge in [0.15, 0.2) is 20.9 Å². The number of rotatable bonds is 8. The van der Waals surface area contributed by atoms with Gasteiger partial charge in [-0.3, -0.25) is 4.21 Å². The van der Waals surface area contributed by atoms with E-state index in [4.69, 9.17) is 4.42 Å². The minimum Gasteiger partial charge on any atom is -0.759 e. The monoisotopic (exact) mass is 480 g/mol. The van der Waals surface area contributed by atoms with Gasteiger partial charge < -0.3 is 8.97 Å². The Morgan fingerprint density at radius 1 is 1.26 bits per heavy atom. The average Bonchev–Trinajstić information content (AvgIpc) is 3.34. The number of benzene rings is 1. The van der Waals surface area contributed by atoms with Gasteiger partial charge in [0.1, 0.15) is 5.01 Å². The molecule has 0 spiro atoms. The maximum atomic E-state index is 12.5. The Labute approximate surface area is 182 Å². The highest BCUT2D eigenvalue weighted by atomic mass is 32.2. The first-order chi connectivity index (χ1) is 14.8. The zero-order chi connectivity index (χ0) is 22.0. The van der Waals surface area contributed by atoms with E-state index in [0.717, 1.165) is 16.5 Å². The van der Waals surface area contributed by atoms with Gasteiger partial charge in [-0.15, -0.1) is 21.5 Å². The zero-order valence-corrected chi connectivity index (χ0v) is 18.2. The van der Waals surface area contributed by atoms with Gasteiger partial charge in [0, 0.05) is 35.5 Å². The van der Waals surface area contributed by atoms with Crippen LogP contribution in [0.1, 0.15) is 22.0 Å². The van der Waals surface area contributed by atoms with Crippen LogP contribution in [-0.4, -0.2) is 48.6 Å². The zero-order valence-electron chi connectivity index (χ0n) is 15.8. The van der Waals surface area contributed by atoms with Gasteiger partial charge in [0.2, 0.25) is 11.8 Å². The van der Waals surface area contributed by atoms with E-state index in [1.165, 1.54) is 11.3 Å². The molecule has 162 valence electrons. The Hall–Kier alpha value is -2.69. The van der Waals surface area contributed by atoms with Crippen LogP contribution < -0.4 is 10.3 Å². The van der Waals surface area contributed by atoms with Crippen molar-refractivity contribution in [1.82, 2.24) is 35.4 Å². The summed E-state index contributed by atoms with van der Waals surface area (Å²) in [6.07, 6.45) is 4.31. The molecule has 0 saturated carbocycles. The summed E-state index contributed by atoms with van der Waals surface area (Å²) in [5.41, 5.74) is 3.67. The Kier molecular flexibility index (Phi) is 6.12. The van der Waals surface area contributed by atoms with Gasteiger partial charge in [-0.2, -0.15) is 4.83 Å². The quantitative estimate of drug-likeness (QED) is 0.267. The van der Waals surface area contributed by atoms with E-state index in [-0.39, 0.29) is 23.3 Å². The molecule has 15 heteroatoms. The van der Waals surface area contributed by atoms with E-state index in [1.54, 1.807) is 24.5 Å². The molecule has 0 aliphatic heterocycles. The van der Waals surface area contributed by atoms with E-state index in [0.29, 0.717) is 11.3 Å². The van der Waals surface area contributed by atoms with Gasteiger partial charge in [0.25, 0.3) is 0 Å². The number of fused-ring (bicyclic) bond motifs is 1. The highest BCUT2D eigenvalue weighted by molar-refractivity contribution is 7.91. The summed E-state index contributed by atoms with van der Waals surface area (Å²) in [6.45, 7) is -0.127. The van der Waals surface area contributed by atoms with Crippen LogP contribution >= 0.6 is 11.3 Å². The minimum absolute atomic E-state index is 0.00576. The van der Waals surface area contributed by atoms with Crippen molar-refractivity contribution in [3.8, 4) is 11.4 Å². The Morgan fingerprint density at radius 3 is 2.74 bits per heavy atom. The third kappa shape index (κ3) is 4.97. The third-order valence-corrected chi connectivity index (χ3v) is 6.83. The van der Waals surface area contributed by atoms with Crippen LogP contribution in [0.15, 0.2) is 41.1 Å². The topological polar surface area (TPSA) is 176 Å². The molecule has 4 rings (SSSR count). The molecule has 2 unspecified atom stereocenters. The molecule has 12 nitrogen and oxygen atoms in total. The van der Waals surface area contributed by atoms with Crippen molar-refractivity contribution in [2.75, 3.05) is 6.26 Å². The highest BCUT2D eigenvalue weighted by Gasteiger charge is 2.33. The standard InChI is InChI=1S/C16H15N7O5S3/c1-31(26,27)13(15-22-21-12(28-15)8-19-23-30(24)25)16-20-10-7-9(3-4-11(10)29-16)14-17-5-2-6-18-14/h2-7,13,19,23H,8H2,1H3,(H,24,25)/p-1. The third-order valence-electron chi connectivity index (χ3n) is 3.98. The summed E-state index contributed by atoms with van der Waals surface area (Å²) in [6, 6.07) is 7.14. The summed E-state index contributed by atoms with van der Waals surface area (Å²) in [4.78, 5) is 14.8. The fourth-order valence-corrected chi connectivity index (χ4v) is 5.39. The van der Waals surface area contributed by atoms with Crippen LogP contribution in [0.4, 0.5) is 0 Å². The summed E-state index contributed by atoms with van der Waals surface area (Å²) in [7, 11) is -3.71. The lowest BCUT2D eigenvalue weighted by Gasteiger charge is -2.08. The fraction of sp³-hybridized carbons (Fsp3) is 0.188. The summed E-state index contributed by atoms with van der Waals surface area (Å²) >= 11 is -1.33.